The monoisotopic (exact) mass is 1100 g/mol. The highest BCUT2D eigenvalue weighted by atomic mass is 16.7. The van der Waals surface area contributed by atoms with E-state index in [2.05, 4.69) is 111 Å². The summed E-state index contributed by atoms with van der Waals surface area (Å²) in [7, 11) is 5.95. The number of unbranched alkanes of at least 4 members (excludes halogenated alkanes) is 28. The molecule has 0 rings (SSSR count). The molecule has 0 fully saturated rings. The first-order chi connectivity index (χ1) is 38.6. The third-order valence-electron chi connectivity index (χ3n) is 13.8. The van der Waals surface area contributed by atoms with Gasteiger partial charge in [-0.25, -0.2) is 4.79 Å². The van der Waals surface area contributed by atoms with Crippen LogP contribution in [-0.4, -0.2) is 87.4 Å². The Hall–Kier alpha value is -3.79. The Balaban J connectivity index is 4.21. The Kier molecular flexibility index (Phi) is 57.4. The van der Waals surface area contributed by atoms with E-state index in [1.54, 1.807) is 0 Å². The number of nitrogens with zero attached hydrogens (tertiary/aromatic N) is 1. The molecule has 0 bridgehead atoms. The lowest BCUT2D eigenvalue weighted by atomic mass is 10.0. The van der Waals surface area contributed by atoms with Gasteiger partial charge in [-0.15, -0.1) is 0 Å². The van der Waals surface area contributed by atoms with Gasteiger partial charge in [0.05, 0.1) is 34.4 Å². The van der Waals surface area contributed by atoms with Crippen LogP contribution >= 0.6 is 0 Å². The molecule has 0 spiro atoms. The average molecular weight is 1110 g/mol. The summed E-state index contributed by atoms with van der Waals surface area (Å²) in [4.78, 5) is 37.5. The fourth-order valence-corrected chi connectivity index (χ4v) is 8.88. The lowest BCUT2D eigenvalue weighted by Crippen LogP contribution is -2.40. The molecule has 0 saturated heterocycles. The van der Waals surface area contributed by atoms with Gasteiger partial charge in [0.2, 0.25) is 0 Å². The second-order valence-corrected chi connectivity index (χ2v) is 22.7. The Labute approximate surface area is 486 Å². The van der Waals surface area contributed by atoms with Crippen molar-refractivity contribution in [3.63, 3.8) is 0 Å². The minimum Gasteiger partial charge on any atom is -0.477 e. The van der Waals surface area contributed by atoms with Crippen molar-refractivity contribution in [1.29, 1.82) is 0 Å². The fraction of sp³-hybridized carbons (Fsp3) is 0.729. The fourth-order valence-electron chi connectivity index (χ4n) is 8.88. The molecule has 0 aliphatic carbocycles. The quantitative estimate of drug-likeness (QED) is 0.0211. The van der Waals surface area contributed by atoms with Crippen LogP contribution in [0.4, 0.5) is 0 Å². The van der Waals surface area contributed by atoms with Crippen LogP contribution in [0.3, 0.4) is 0 Å². The van der Waals surface area contributed by atoms with Gasteiger partial charge in [0.15, 0.2) is 6.10 Å². The van der Waals surface area contributed by atoms with Crippen molar-refractivity contribution in [3.05, 3.63) is 97.2 Å². The summed E-state index contributed by atoms with van der Waals surface area (Å²) in [6.45, 7) is 4.71. The van der Waals surface area contributed by atoms with Crippen LogP contribution in [0.5, 0.6) is 0 Å². The molecule has 0 aromatic heterocycles. The molecule has 9 nitrogen and oxygen atoms in total. The number of esters is 2. The molecule has 454 valence electrons. The minimum atomic E-state index is -1.53. The van der Waals surface area contributed by atoms with E-state index in [1.165, 1.54) is 167 Å². The van der Waals surface area contributed by atoms with Crippen LogP contribution in [0.15, 0.2) is 97.2 Å². The van der Waals surface area contributed by atoms with E-state index in [0.717, 1.165) is 64.2 Å². The van der Waals surface area contributed by atoms with Crippen molar-refractivity contribution < 1.29 is 42.9 Å². The predicted octanol–water partition coefficient (Wildman–Crippen LogP) is 19.7. The molecular formula is C70H122NO8+. The molecule has 0 aromatic rings. The molecule has 0 heterocycles. The molecule has 0 aliphatic rings. The standard InChI is InChI=1S/C70H121NO8/c1-6-8-10-12-14-16-18-20-22-24-26-28-30-31-32-33-34-35-36-37-39-40-42-44-46-48-50-52-54-56-58-60-67(72)77-64-66(65-78-70(69(74)75)76-63-62-71(3,4)5)79-68(73)61-59-57-55-53-51-49-47-45-43-41-38-29-27-25-23-21-19-17-15-13-11-9-7-2/h9,11,15,17,21,23-24,26-27,29,41,43,47,49,53,55,66,70H,6-8,10,12-14,16,18-20,22,25,28,30-40,42,44-46,48,50-52,54,56-65H2,1-5H3/p+1/b11-9-,17-15-,23-21-,26-24-,29-27-,43-41-,49-47-,55-53-. The van der Waals surface area contributed by atoms with Gasteiger partial charge < -0.3 is 28.5 Å². The van der Waals surface area contributed by atoms with Crippen LogP contribution in [0.2, 0.25) is 0 Å². The maximum absolute atomic E-state index is 12.9. The van der Waals surface area contributed by atoms with Crippen molar-refractivity contribution in [2.75, 3.05) is 47.5 Å². The van der Waals surface area contributed by atoms with Gasteiger partial charge in [0.1, 0.15) is 13.2 Å². The lowest BCUT2D eigenvalue weighted by Gasteiger charge is -2.25. The molecule has 0 aliphatic heterocycles. The molecule has 79 heavy (non-hydrogen) atoms. The SMILES string of the molecule is CC/C=C\C/C=C\C/C=C\C/C=C\C/C=C\C/C=C\C/C=C\CCCC(=O)OC(COC(=O)CCCCCCCCCCCCCCCCCCCCC/C=C\CCCCCCCCCC)COC(OCC[N+](C)(C)C)C(=O)O. The number of carbonyl (C=O) groups is 3. The highest BCUT2D eigenvalue weighted by molar-refractivity contribution is 5.71. The van der Waals surface area contributed by atoms with Crippen molar-refractivity contribution >= 4 is 17.9 Å². The second-order valence-electron chi connectivity index (χ2n) is 22.7. The van der Waals surface area contributed by atoms with E-state index in [-0.39, 0.29) is 38.6 Å². The largest absolute Gasteiger partial charge is 0.477 e. The number of ether oxygens (including phenoxy) is 4. The first-order valence-electron chi connectivity index (χ1n) is 32.4. The van der Waals surface area contributed by atoms with Crippen LogP contribution < -0.4 is 0 Å². The van der Waals surface area contributed by atoms with E-state index < -0.39 is 24.3 Å². The number of hydrogen-bond acceptors (Lipinski definition) is 7. The minimum absolute atomic E-state index is 0.173. The maximum atomic E-state index is 12.9. The number of aliphatic carboxylic acids is 1. The summed E-state index contributed by atoms with van der Waals surface area (Å²) in [5.74, 6) is -2.09. The smallest absolute Gasteiger partial charge is 0.361 e. The highest BCUT2D eigenvalue weighted by Crippen LogP contribution is 2.17. The van der Waals surface area contributed by atoms with Gasteiger partial charge in [-0.2, -0.15) is 0 Å². The van der Waals surface area contributed by atoms with Crippen LogP contribution in [0, 0.1) is 0 Å². The van der Waals surface area contributed by atoms with E-state index in [0.29, 0.717) is 23.9 Å². The zero-order chi connectivity index (χ0) is 57.6. The molecule has 0 amide bonds. The van der Waals surface area contributed by atoms with Gasteiger partial charge in [-0.05, 0) is 89.9 Å². The average Bonchev–Trinajstić information content (AvgIpc) is 3.42. The number of carboxylic acids is 1. The normalized spacial score (nSPS) is 13.4. The summed E-state index contributed by atoms with van der Waals surface area (Å²) < 4.78 is 22.9. The first kappa shape index (κ1) is 75.2. The molecule has 2 unspecified atom stereocenters. The van der Waals surface area contributed by atoms with Crippen molar-refractivity contribution in [3.8, 4) is 0 Å². The number of allylic oxidation sites excluding steroid dienone is 16. The number of hydrogen-bond donors (Lipinski definition) is 1. The van der Waals surface area contributed by atoms with Gasteiger partial charge in [-0.3, -0.25) is 9.59 Å². The summed E-state index contributed by atoms with van der Waals surface area (Å²) >= 11 is 0. The Morgan fingerprint density at radius 1 is 0.392 bits per heavy atom. The molecule has 0 aromatic carbocycles. The molecule has 0 saturated carbocycles. The highest BCUT2D eigenvalue weighted by Gasteiger charge is 2.25. The Morgan fingerprint density at radius 3 is 1.13 bits per heavy atom. The first-order valence-corrected chi connectivity index (χ1v) is 32.4. The summed E-state index contributed by atoms with van der Waals surface area (Å²) in [5, 5.41) is 9.72. The molecule has 9 heteroatoms. The molecular weight excluding hydrogens is 983 g/mol. The summed E-state index contributed by atoms with van der Waals surface area (Å²) in [6.07, 6.45) is 79.5. The van der Waals surface area contributed by atoms with E-state index >= 15 is 0 Å². The summed E-state index contributed by atoms with van der Waals surface area (Å²) in [6, 6.07) is 0. The maximum Gasteiger partial charge on any atom is 0.361 e. The number of carboxylic acid groups (broad SMARTS) is 1. The van der Waals surface area contributed by atoms with E-state index in [9.17, 15) is 19.5 Å². The predicted molar refractivity (Wildman–Crippen MR) is 336 cm³/mol. The van der Waals surface area contributed by atoms with Crippen molar-refractivity contribution in [2.24, 2.45) is 0 Å². The van der Waals surface area contributed by atoms with Gasteiger partial charge in [0.25, 0.3) is 6.29 Å². The number of likely N-dealkylation sites (N-methyl/N-ethyl adjacent to an activating group) is 1. The number of carbonyl (C=O) groups excluding carboxylic acids is 2. The zero-order valence-corrected chi connectivity index (χ0v) is 51.8. The van der Waals surface area contributed by atoms with Crippen molar-refractivity contribution in [2.45, 2.75) is 283 Å². The zero-order valence-electron chi connectivity index (χ0n) is 51.8. The topological polar surface area (TPSA) is 108 Å². The lowest BCUT2D eigenvalue weighted by molar-refractivity contribution is -0.870. The van der Waals surface area contributed by atoms with Crippen LogP contribution in [-0.2, 0) is 33.3 Å². The van der Waals surface area contributed by atoms with Crippen molar-refractivity contribution in [1.82, 2.24) is 0 Å². The van der Waals surface area contributed by atoms with Crippen LogP contribution in [0.25, 0.3) is 0 Å². The Bertz CT molecular complexity index is 1620. The molecule has 2 atom stereocenters. The third-order valence-corrected chi connectivity index (χ3v) is 13.8. The third kappa shape index (κ3) is 61.7. The van der Waals surface area contributed by atoms with Crippen LogP contribution in [0.1, 0.15) is 271 Å². The Morgan fingerprint density at radius 2 is 0.734 bits per heavy atom. The number of quaternary nitrogens is 1. The van der Waals surface area contributed by atoms with Gasteiger partial charge in [0, 0.05) is 12.8 Å². The molecule has 0 radical (unpaired) electrons. The molecule has 1 N–H and O–H groups in total. The second kappa shape index (κ2) is 60.3. The van der Waals surface area contributed by atoms with E-state index in [4.69, 9.17) is 18.9 Å². The van der Waals surface area contributed by atoms with Gasteiger partial charge >= 0.3 is 17.9 Å². The van der Waals surface area contributed by atoms with E-state index in [1.807, 2.05) is 21.1 Å². The van der Waals surface area contributed by atoms with Gasteiger partial charge in [-0.1, -0.05) is 265 Å². The number of rotatable bonds is 59. The summed E-state index contributed by atoms with van der Waals surface area (Å²) in [5.41, 5.74) is 0.